The molecule has 3 aromatic heterocycles. The van der Waals surface area contributed by atoms with E-state index in [1.807, 2.05) is 73.2 Å². The van der Waals surface area contributed by atoms with Gasteiger partial charge in [-0.25, -0.2) is 0 Å². The van der Waals surface area contributed by atoms with Gasteiger partial charge in [0.2, 0.25) is 0 Å². The molecule has 1 aliphatic carbocycles. The van der Waals surface area contributed by atoms with Crippen LogP contribution in [0.1, 0.15) is 81.6 Å². The maximum Gasteiger partial charge on any atom is 0.0701 e. The van der Waals surface area contributed by atoms with E-state index in [-0.39, 0.29) is 34.0 Å². The van der Waals surface area contributed by atoms with Gasteiger partial charge in [-0.05, 0) is 110 Å². The van der Waals surface area contributed by atoms with E-state index in [1.165, 1.54) is 17.1 Å². The Morgan fingerprint density at radius 3 is 0.817 bits per heavy atom. The summed E-state index contributed by atoms with van der Waals surface area (Å²) in [5.74, 6) is 0.632. The third-order valence-electron chi connectivity index (χ3n) is 11.4. The highest BCUT2D eigenvalue weighted by Crippen LogP contribution is 2.46. The molecule has 7 rings (SSSR count). The molecule has 0 N–H and O–H groups in total. The van der Waals surface area contributed by atoms with Crippen LogP contribution in [0.15, 0.2) is 161 Å². The maximum atomic E-state index is 5.55. The van der Waals surface area contributed by atoms with Gasteiger partial charge in [-0.3, -0.25) is 29.9 Å². The van der Waals surface area contributed by atoms with Crippen molar-refractivity contribution in [3.8, 4) is 33.8 Å². The van der Waals surface area contributed by atoms with Crippen molar-refractivity contribution in [3.05, 3.63) is 146 Å². The van der Waals surface area contributed by atoms with Gasteiger partial charge >= 0.3 is 0 Å². The highest BCUT2D eigenvalue weighted by molar-refractivity contribution is 5.99. The van der Waals surface area contributed by atoms with Gasteiger partial charge in [-0.1, -0.05) is 117 Å². The SMILES string of the molecule is CC(C)(C)C(=Nc1ccc(-c2ccccn2)cc1)C1CC(C(=Nc2ccc(-c3ccccn3)cc2)C(C)(C)C)CC(C(=Nc2ccc(-c3ccccn3)cc2)C(C)(C)C)C1. The lowest BCUT2D eigenvalue weighted by Crippen LogP contribution is -2.43. The van der Waals surface area contributed by atoms with Gasteiger partial charge < -0.3 is 0 Å². The second-order valence-corrected chi connectivity index (χ2v) is 19.3. The summed E-state index contributed by atoms with van der Waals surface area (Å²) in [5, 5.41) is 0. The van der Waals surface area contributed by atoms with Crippen LogP contribution in [0.2, 0.25) is 0 Å². The average Bonchev–Trinajstić information content (AvgIpc) is 3.24. The van der Waals surface area contributed by atoms with Gasteiger partial charge in [0.25, 0.3) is 0 Å². The number of aromatic nitrogens is 3. The number of hydrogen-bond acceptors (Lipinski definition) is 6. The number of benzene rings is 3. The molecule has 0 spiro atoms. The van der Waals surface area contributed by atoms with Crippen molar-refractivity contribution < 1.29 is 0 Å². The van der Waals surface area contributed by atoms with E-state index in [0.29, 0.717) is 0 Å². The summed E-state index contributed by atoms with van der Waals surface area (Å²) in [4.78, 5) is 30.4. The molecule has 1 fully saturated rings. The lowest BCUT2D eigenvalue weighted by Gasteiger charge is -2.43. The van der Waals surface area contributed by atoms with Gasteiger partial charge in [0.1, 0.15) is 0 Å². The Labute approximate surface area is 358 Å². The van der Waals surface area contributed by atoms with E-state index in [1.54, 1.807) is 0 Å². The van der Waals surface area contributed by atoms with Gasteiger partial charge in [-0.15, -0.1) is 0 Å². The quantitative estimate of drug-likeness (QED) is 0.137. The van der Waals surface area contributed by atoms with Crippen LogP contribution in [0.5, 0.6) is 0 Å². The number of aliphatic imine (C=N–C) groups is 3. The van der Waals surface area contributed by atoms with Crippen LogP contribution in [0.3, 0.4) is 0 Å². The van der Waals surface area contributed by atoms with Crippen LogP contribution < -0.4 is 0 Å². The number of pyridine rings is 3. The van der Waals surface area contributed by atoms with Gasteiger partial charge in [0.05, 0.1) is 34.1 Å². The second-order valence-electron chi connectivity index (χ2n) is 19.3. The predicted molar refractivity (Wildman–Crippen MR) is 253 cm³/mol. The van der Waals surface area contributed by atoms with Gasteiger partial charge in [0, 0.05) is 68.7 Å². The molecular formula is C54H60N6. The van der Waals surface area contributed by atoms with E-state index in [2.05, 4.69) is 150 Å². The van der Waals surface area contributed by atoms with Crippen molar-refractivity contribution in [1.29, 1.82) is 0 Å². The van der Waals surface area contributed by atoms with Crippen molar-refractivity contribution in [2.45, 2.75) is 81.6 Å². The van der Waals surface area contributed by atoms with Gasteiger partial charge in [0.15, 0.2) is 0 Å². The summed E-state index contributed by atoms with van der Waals surface area (Å²) in [6.07, 6.45) is 8.43. The number of hydrogen-bond donors (Lipinski definition) is 0. The van der Waals surface area contributed by atoms with Crippen LogP contribution >= 0.6 is 0 Å². The summed E-state index contributed by atoms with van der Waals surface area (Å²) >= 11 is 0. The number of nitrogens with zero attached hydrogens (tertiary/aromatic N) is 6. The van der Waals surface area contributed by atoms with E-state index in [4.69, 9.17) is 15.0 Å². The molecule has 0 amide bonds. The minimum atomic E-state index is -0.169. The van der Waals surface area contributed by atoms with E-state index in [0.717, 1.165) is 70.1 Å². The van der Waals surface area contributed by atoms with Crippen molar-refractivity contribution in [3.63, 3.8) is 0 Å². The van der Waals surface area contributed by atoms with Crippen LogP contribution in [-0.4, -0.2) is 32.1 Å². The first kappa shape index (κ1) is 42.3. The first-order valence-corrected chi connectivity index (χ1v) is 21.4. The molecule has 0 unspecified atom stereocenters. The molecule has 1 saturated carbocycles. The Balaban J connectivity index is 1.30. The Kier molecular flexibility index (Phi) is 12.5. The topological polar surface area (TPSA) is 75.8 Å². The fraction of sp³-hybridized carbons (Fsp3) is 0.333. The third kappa shape index (κ3) is 10.5. The molecule has 306 valence electrons. The number of rotatable bonds is 9. The first-order chi connectivity index (χ1) is 28.6. The van der Waals surface area contributed by atoms with E-state index in [9.17, 15) is 0 Å². The molecule has 0 bridgehead atoms. The second kappa shape index (κ2) is 17.8. The third-order valence-corrected chi connectivity index (χ3v) is 11.4. The van der Waals surface area contributed by atoms with Crippen molar-refractivity contribution in [2.24, 2.45) is 49.0 Å². The highest BCUT2D eigenvalue weighted by Gasteiger charge is 2.43. The molecule has 6 aromatic rings. The van der Waals surface area contributed by atoms with Crippen LogP contribution in [0, 0.1) is 34.0 Å². The van der Waals surface area contributed by atoms with E-state index >= 15 is 0 Å². The monoisotopic (exact) mass is 792 g/mol. The minimum Gasteiger partial charge on any atom is -0.257 e. The zero-order valence-electron chi connectivity index (χ0n) is 36.9. The standard InChI is InChI=1S/C54H60N6/c1-52(2,3)49(58-43-25-19-37(20-26-43)46-16-10-13-31-55-46)40-34-41(50(53(4,5)6)59-44-27-21-38(22-28-44)47-17-11-14-32-56-47)36-42(35-40)51(54(7,8)9)60-45-29-23-39(24-30-45)48-18-12-15-33-57-48/h10-33,40-42H,34-36H2,1-9H3. The van der Waals surface area contributed by atoms with Crippen molar-refractivity contribution in [1.82, 2.24) is 15.0 Å². The normalized spacial score (nSPS) is 18.4. The summed E-state index contributed by atoms with van der Waals surface area (Å²) in [7, 11) is 0. The lowest BCUT2D eigenvalue weighted by molar-refractivity contribution is 0.301. The molecule has 60 heavy (non-hydrogen) atoms. The molecule has 6 nitrogen and oxygen atoms in total. The maximum absolute atomic E-state index is 5.55. The molecule has 0 aliphatic heterocycles. The highest BCUT2D eigenvalue weighted by atomic mass is 14.8. The van der Waals surface area contributed by atoms with Crippen molar-refractivity contribution in [2.75, 3.05) is 0 Å². The molecule has 3 heterocycles. The first-order valence-electron chi connectivity index (χ1n) is 21.4. The Morgan fingerprint density at radius 2 is 0.617 bits per heavy atom. The molecule has 0 saturated heterocycles. The van der Waals surface area contributed by atoms with Crippen LogP contribution in [-0.2, 0) is 0 Å². The largest absolute Gasteiger partial charge is 0.257 e. The summed E-state index contributed by atoms with van der Waals surface area (Å²) in [5.41, 5.74) is 12.2. The van der Waals surface area contributed by atoms with Gasteiger partial charge in [-0.2, -0.15) is 0 Å². The molecule has 3 aromatic carbocycles. The fourth-order valence-electron chi connectivity index (χ4n) is 8.74. The molecule has 1 aliphatic rings. The van der Waals surface area contributed by atoms with E-state index < -0.39 is 0 Å². The predicted octanol–water partition coefficient (Wildman–Crippen LogP) is 14.7. The Morgan fingerprint density at radius 1 is 0.367 bits per heavy atom. The minimum absolute atomic E-state index is 0.169. The van der Waals surface area contributed by atoms with Crippen LogP contribution in [0.25, 0.3) is 33.8 Å². The lowest BCUT2D eigenvalue weighted by atomic mass is 9.62. The molecule has 0 atom stereocenters. The smallest absolute Gasteiger partial charge is 0.0701 e. The van der Waals surface area contributed by atoms with Crippen LogP contribution in [0.4, 0.5) is 17.1 Å². The fourth-order valence-corrected chi connectivity index (χ4v) is 8.74. The zero-order valence-corrected chi connectivity index (χ0v) is 36.9. The zero-order chi connectivity index (χ0) is 42.5. The molecular weight excluding hydrogens is 733 g/mol. The summed E-state index contributed by atoms with van der Waals surface area (Å²) < 4.78 is 0. The Hall–Kier alpha value is -5.88. The summed E-state index contributed by atoms with van der Waals surface area (Å²) in [6, 6.07) is 43.8. The average molecular weight is 793 g/mol. The molecule has 6 heteroatoms. The summed E-state index contributed by atoms with van der Waals surface area (Å²) in [6.45, 7) is 20.8. The molecule has 0 radical (unpaired) electrons. The Bertz CT molecular complexity index is 2130. The van der Waals surface area contributed by atoms with Crippen molar-refractivity contribution >= 4 is 34.2 Å².